The van der Waals surface area contributed by atoms with Crippen molar-refractivity contribution < 1.29 is 4.79 Å². The highest BCUT2D eigenvalue weighted by Crippen LogP contribution is 2.43. The minimum atomic E-state index is -0.0791. The third kappa shape index (κ3) is 2.27. The second-order valence-corrected chi connectivity index (χ2v) is 6.43. The van der Waals surface area contributed by atoms with Crippen LogP contribution < -0.4 is 10.2 Å². The number of carbonyl (C=O) groups excluding carboxylic acids is 1. The van der Waals surface area contributed by atoms with Gasteiger partial charge in [0.25, 0.3) is 5.91 Å². The molecule has 0 atom stereocenters. The van der Waals surface area contributed by atoms with Gasteiger partial charge < -0.3 is 10.2 Å². The fourth-order valence-corrected chi connectivity index (χ4v) is 3.78. The highest BCUT2D eigenvalue weighted by molar-refractivity contribution is 8.14. The van der Waals surface area contributed by atoms with E-state index in [1.165, 1.54) is 4.90 Å². The molecule has 0 spiro atoms. The minimum absolute atomic E-state index is 0.0791. The molecule has 4 nitrogen and oxygen atoms in total. The minimum Gasteiger partial charge on any atom is -0.322 e. The summed E-state index contributed by atoms with van der Waals surface area (Å²) in [7, 11) is 0. The fourth-order valence-electron chi connectivity index (χ4n) is 2.72. The van der Waals surface area contributed by atoms with E-state index in [2.05, 4.69) is 15.2 Å². The number of hydrogen-bond acceptors (Lipinski definition) is 4. The van der Waals surface area contributed by atoms with Gasteiger partial charge in [0.05, 0.1) is 12.2 Å². The first-order valence-corrected chi connectivity index (χ1v) is 8.04. The molecule has 2 aliphatic rings. The number of thioether (sulfide) groups is 1. The number of fused-ring (bicyclic) bond motifs is 3. The second kappa shape index (κ2) is 5.18. The zero-order valence-corrected chi connectivity index (χ0v) is 13.0. The SMILES string of the molecule is Cc1cccc(C(=O)Nc2ccc3c(c2)N2CCN=C2S3)c1. The largest absolute Gasteiger partial charge is 0.322 e. The summed E-state index contributed by atoms with van der Waals surface area (Å²) in [5, 5.41) is 4.05. The molecule has 0 unspecified atom stereocenters. The summed E-state index contributed by atoms with van der Waals surface area (Å²) < 4.78 is 0. The topological polar surface area (TPSA) is 44.7 Å². The van der Waals surface area contributed by atoms with Gasteiger partial charge in [0.2, 0.25) is 0 Å². The number of aryl methyl sites for hydroxylation is 1. The Hall–Kier alpha value is -2.27. The molecule has 0 radical (unpaired) electrons. The number of rotatable bonds is 2. The molecule has 0 saturated heterocycles. The van der Waals surface area contributed by atoms with Crippen LogP contribution in [0.25, 0.3) is 0 Å². The van der Waals surface area contributed by atoms with Crippen molar-refractivity contribution in [3.63, 3.8) is 0 Å². The standard InChI is InChI=1S/C17H15N3OS/c1-11-3-2-4-12(9-11)16(21)19-13-5-6-15-14(10-13)20-8-7-18-17(20)22-15/h2-6,9-10H,7-8H2,1H3,(H,19,21). The van der Waals surface area contributed by atoms with Crippen molar-refractivity contribution in [2.45, 2.75) is 11.8 Å². The molecule has 2 aromatic rings. The van der Waals surface area contributed by atoms with Gasteiger partial charge in [0, 0.05) is 22.7 Å². The van der Waals surface area contributed by atoms with Crippen LogP contribution in [0, 0.1) is 6.92 Å². The Morgan fingerprint density at radius 3 is 3.05 bits per heavy atom. The first-order chi connectivity index (χ1) is 10.7. The van der Waals surface area contributed by atoms with E-state index < -0.39 is 0 Å². The second-order valence-electron chi connectivity index (χ2n) is 5.42. The van der Waals surface area contributed by atoms with E-state index in [-0.39, 0.29) is 5.91 Å². The Labute approximate surface area is 133 Å². The number of nitrogens with zero attached hydrogens (tertiary/aromatic N) is 2. The normalized spacial score (nSPS) is 15.3. The van der Waals surface area contributed by atoms with E-state index in [4.69, 9.17) is 0 Å². The van der Waals surface area contributed by atoms with Crippen LogP contribution >= 0.6 is 11.8 Å². The monoisotopic (exact) mass is 309 g/mol. The van der Waals surface area contributed by atoms with E-state index in [0.717, 1.165) is 35.2 Å². The van der Waals surface area contributed by atoms with E-state index >= 15 is 0 Å². The average Bonchev–Trinajstić information content (AvgIpc) is 3.08. The molecule has 110 valence electrons. The Bertz CT molecular complexity index is 800. The number of aliphatic imine (C=N–C) groups is 1. The summed E-state index contributed by atoms with van der Waals surface area (Å²) in [4.78, 5) is 20.2. The van der Waals surface area contributed by atoms with Crippen LogP contribution in [-0.2, 0) is 0 Å². The Morgan fingerprint density at radius 2 is 2.18 bits per heavy atom. The molecule has 1 amide bonds. The van der Waals surface area contributed by atoms with Gasteiger partial charge in [-0.1, -0.05) is 17.7 Å². The number of carbonyl (C=O) groups is 1. The summed E-state index contributed by atoms with van der Waals surface area (Å²) in [5.41, 5.74) is 3.72. The first kappa shape index (κ1) is 13.4. The maximum atomic E-state index is 12.3. The smallest absolute Gasteiger partial charge is 0.255 e. The average molecular weight is 309 g/mol. The quantitative estimate of drug-likeness (QED) is 0.923. The molecule has 22 heavy (non-hydrogen) atoms. The number of amidine groups is 1. The Kier molecular flexibility index (Phi) is 3.15. The number of anilines is 2. The predicted octanol–water partition coefficient (Wildman–Crippen LogP) is 3.53. The van der Waals surface area contributed by atoms with Crippen molar-refractivity contribution in [3.8, 4) is 0 Å². The molecular formula is C17H15N3OS. The van der Waals surface area contributed by atoms with Gasteiger partial charge in [-0.2, -0.15) is 0 Å². The van der Waals surface area contributed by atoms with E-state index in [9.17, 15) is 4.79 Å². The van der Waals surface area contributed by atoms with Crippen LogP contribution in [0.4, 0.5) is 11.4 Å². The molecule has 2 heterocycles. The maximum Gasteiger partial charge on any atom is 0.255 e. The van der Waals surface area contributed by atoms with Crippen LogP contribution in [0.5, 0.6) is 0 Å². The number of hydrogen-bond donors (Lipinski definition) is 1. The van der Waals surface area contributed by atoms with Crippen LogP contribution in [0.3, 0.4) is 0 Å². The van der Waals surface area contributed by atoms with Gasteiger partial charge in [0.1, 0.15) is 0 Å². The van der Waals surface area contributed by atoms with Crippen molar-refractivity contribution in [3.05, 3.63) is 53.6 Å². The fraction of sp³-hybridized carbons (Fsp3) is 0.176. The first-order valence-electron chi connectivity index (χ1n) is 7.23. The van der Waals surface area contributed by atoms with E-state index in [1.54, 1.807) is 11.8 Å². The van der Waals surface area contributed by atoms with Gasteiger partial charge in [-0.25, -0.2) is 0 Å². The molecular weight excluding hydrogens is 294 g/mol. The molecule has 0 aromatic heterocycles. The van der Waals surface area contributed by atoms with Crippen molar-refractivity contribution >= 4 is 34.2 Å². The van der Waals surface area contributed by atoms with E-state index in [0.29, 0.717) is 5.56 Å². The third-order valence-electron chi connectivity index (χ3n) is 3.79. The summed E-state index contributed by atoms with van der Waals surface area (Å²) in [5.74, 6) is -0.0791. The van der Waals surface area contributed by atoms with Gasteiger partial charge in [0.15, 0.2) is 5.17 Å². The molecule has 5 heteroatoms. The Morgan fingerprint density at radius 1 is 1.27 bits per heavy atom. The lowest BCUT2D eigenvalue weighted by atomic mass is 10.1. The van der Waals surface area contributed by atoms with Crippen molar-refractivity contribution in [1.29, 1.82) is 0 Å². The lowest BCUT2D eigenvalue weighted by Crippen LogP contribution is -2.21. The van der Waals surface area contributed by atoms with Crippen molar-refractivity contribution in [2.75, 3.05) is 23.3 Å². The molecule has 0 aliphatic carbocycles. The lowest BCUT2D eigenvalue weighted by Gasteiger charge is -2.14. The molecule has 0 saturated carbocycles. The molecule has 0 fully saturated rings. The van der Waals surface area contributed by atoms with Gasteiger partial charge >= 0.3 is 0 Å². The van der Waals surface area contributed by atoms with Gasteiger partial charge in [-0.05, 0) is 49.0 Å². The zero-order valence-electron chi connectivity index (χ0n) is 12.2. The Balaban J connectivity index is 1.59. The number of nitrogens with one attached hydrogen (secondary N) is 1. The van der Waals surface area contributed by atoms with Gasteiger partial charge in [-0.15, -0.1) is 0 Å². The molecule has 0 bridgehead atoms. The number of benzene rings is 2. The summed E-state index contributed by atoms with van der Waals surface area (Å²) in [6.45, 7) is 3.75. The van der Waals surface area contributed by atoms with E-state index in [1.807, 2.05) is 49.4 Å². The van der Waals surface area contributed by atoms with Crippen molar-refractivity contribution in [1.82, 2.24) is 0 Å². The molecule has 2 aliphatic heterocycles. The molecule has 4 rings (SSSR count). The third-order valence-corrected chi connectivity index (χ3v) is 4.89. The zero-order chi connectivity index (χ0) is 15.1. The van der Waals surface area contributed by atoms with Crippen LogP contribution in [-0.4, -0.2) is 24.2 Å². The lowest BCUT2D eigenvalue weighted by molar-refractivity contribution is 0.102. The van der Waals surface area contributed by atoms with Gasteiger partial charge in [-0.3, -0.25) is 9.79 Å². The van der Waals surface area contributed by atoms with Crippen molar-refractivity contribution in [2.24, 2.45) is 4.99 Å². The number of amides is 1. The molecule has 2 aromatic carbocycles. The highest BCUT2D eigenvalue weighted by Gasteiger charge is 2.29. The maximum absolute atomic E-state index is 12.3. The van der Waals surface area contributed by atoms with Crippen LogP contribution in [0.15, 0.2) is 52.4 Å². The summed E-state index contributed by atoms with van der Waals surface area (Å²) in [6.07, 6.45) is 0. The molecule has 1 N–H and O–H groups in total. The predicted molar refractivity (Wildman–Crippen MR) is 91.1 cm³/mol. The van der Waals surface area contributed by atoms with Crippen LogP contribution in [0.2, 0.25) is 0 Å². The van der Waals surface area contributed by atoms with Crippen LogP contribution in [0.1, 0.15) is 15.9 Å². The summed E-state index contributed by atoms with van der Waals surface area (Å²) in [6, 6.07) is 13.6. The highest BCUT2D eigenvalue weighted by atomic mass is 32.2. The summed E-state index contributed by atoms with van der Waals surface area (Å²) >= 11 is 1.70.